The van der Waals surface area contributed by atoms with Gasteiger partial charge in [-0.1, -0.05) is 53.5 Å². The first-order chi connectivity index (χ1) is 16.9. The van der Waals surface area contributed by atoms with E-state index in [-0.39, 0.29) is 23.1 Å². The maximum absolute atomic E-state index is 13.5. The molecule has 0 aliphatic carbocycles. The van der Waals surface area contributed by atoms with Gasteiger partial charge in [-0.05, 0) is 48.0 Å². The van der Waals surface area contributed by atoms with Gasteiger partial charge in [0.05, 0.1) is 16.8 Å². The number of piperazine rings is 1. The average molecular weight is 511 g/mol. The van der Waals surface area contributed by atoms with Crippen molar-refractivity contribution < 1.29 is 9.18 Å². The number of nitriles is 1. The Morgan fingerprint density at radius 3 is 2.49 bits per heavy atom. The molecule has 1 saturated heterocycles. The highest BCUT2D eigenvalue weighted by Gasteiger charge is 2.33. The van der Waals surface area contributed by atoms with Crippen LogP contribution in [0, 0.1) is 17.3 Å². The summed E-state index contributed by atoms with van der Waals surface area (Å²) in [4.78, 5) is 21.3. The van der Waals surface area contributed by atoms with E-state index < -0.39 is 5.82 Å². The molecular weight excluding hydrogens is 490 g/mol. The van der Waals surface area contributed by atoms with Crippen molar-refractivity contribution in [2.75, 3.05) is 25.0 Å². The minimum Gasteiger partial charge on any atom is -0.338 e. The van der Waals surface area contributed by atoms with Gasteiger partial charge in [0, 0.05) is 30.3 Å². The van der Waals surface area contributed by atoms with Gasteiger partial charge in [0.25, 0.3) is 0 Å². The summed E-state index contributed by atoms with van der Waals surface area (Å²) in [5, 5.41) is 15.5. The topological polar surface area (TPSA) is 83.8 Å². The van der Waals surface area contributed by atoms with Gasteiger partial charge >= 0.3 is 6.03 Å². The van der Waals surface area contributed by atoms with Gasteiger partial charge in [0.1, 0.15) is 5.82 Å². The molecule has 35 heavy (non-hydrogen) atoms. The smallest absolute Gasteiger partial charge is 0.322 e. The molecule has 1 aliphatic heterocycles. The fourth-order valence-electron chi connectivity index (χ4n) is 3.82. The molecule has 1 atom stereocenters. The Morgan fingerprint density at radius 1 is 1.06 bits per heavy atom. The van der Waals surface area contributed by atoms with Crippen molar-refractivity contribution in [3.05, 3.63) is 94.2 Å². The number of amides is 2. The number of halogens is 3. The molecule has 0 aromatic heterocycles. The minimum atomic E-state index is -0.479. The molecule has 1 aliphatic rings. The van der Waals surface area contributed by atoms with Crippen molar-refractivity contribution in [3.63, 3.8) is 0 Å². The van der Waals surface area contributed by atoms with Crippen LogP contribution in [0.4, 0.5) is 20.6 Å². The predicted molar refractivity (Wildman–Crippen MR) is 135 cm³/mol. The lowest BCUT2D eigenvalue weighted by Crippen LogP contribution is -2.55. The number of carbonyl (C=O) groups excluding carboxylic acids is 1. The van der Waals surface area contributed by atoms with Gasteiger partial charge in [-0.2, -0.15) is 5.26 Å². The van der Waals surface area contributed by atoms with E-state index in [9.17, 15) is 14.4 Å². The van der Waals surface area contributed by atoms with Crippen LogP contribution in [0.25, 0.3) is 0 Å². The van der Waals surface area contributed by atoms with E-state index in [2.05, 4.69) is 15.6 Å². The quantitative estimate of drug-likeness (QED) is 0.202. The summed E-state index contributed by atoms with van der Waals surface area (Å²) in [7, 11) is 0. The summed E-state index contributed by atoms with van der Waals surface area (Å²) in [6.07, 6.45) is 1.90. The van der Waals surface area contributed by atoms with Crippen LogP contribution in [-0.4, -0.2) is 41.4 Å². The Balaban J connectivity index is 1.61. The van der Waals surface area contributed by atoms with E-state index in [1.807, 2.05) is 41.4 Å². The van der Waals surface area contributed by atoms with Crippen molar-refractivity contribution in [1.29, 1.82) is 5.26 Å². The van der Waals surface area contributed by atoms with E-state index in [0.29, 0.717) is 36.0 Å². The monoisotopic (exact) mass is 510 g/mol. The number of hydrogen-bond acceptors (Lipinski definition) is 3. The normalized spacial score (nSPS) is 15.9. The number of nitrogens with zero attached hydrogens (tertiary/aromatic N) is 4. The number of benzene rings is 3. The third-order valence-corrected chi connectivity index (χ3v) is 6.08. The number of rotatable bonds is 3. The van der Waals surface area contributed by atoms with E-state index in [1.165, 1.54) is 12.1 Å². The summed E-state index contributed by atoms with van der Waals surface area (Å²) in [5.74, 6) is -0.215. The largest absolute Gasteiger partial charge is 0.338 e. The van der Waals surface area contributed by atoms with Gasteiger partial charge in [0.15, 0.2) is 6.19 Å². The van der Waals surface area contributed by atoms with Gasteiger partial charge in [-0.3, -0.25) is 5.32 Å². The predicted octanol–water partition coefficient (Wildman–Crippen LogP) is 5.78. The number of guanidine groups is 1. The maximum Gasteiger partial charge on any atom is 0.322 e. The first kappa shape index (κ1) is 24.3. The van der Waals surface area contributed by atoms with Crippen LogP contribution in [0.2, 0.25) is 10.0 Å². The second kappa shape index (κ2) is 11.1. The Kier molecular flexibility index (Phi) is 7.70. The highest BCUT2D eigenvalue weighted by Crippen LogP contribution is 2.29. The van der Waals surface area contributed by atoms with Gasteiger partial charge < -0.3 is 15.1 Å². The zero-order valence-electron chi connectivity index (χ0n) is 18.5. The molecule has 0 saturated carbocycles. The van der Waals surface area contributed by atoms with Gasteiger partial charge in [-0.25, -0.2) is 14.2 Å². The molecule has 1 fully saturated rings. The Bertz CT molecular complexity index is 1260. The molecule has 3 aromatic carbocycles. The van der Waals surface area contributed by atoms with E-state index in [1.54, 1.807) is 29.2 Å². The third-order valence-electron chi connectivity index (χ3n) is 5.52. The van der Waals surface area contributed by atoms with Gasteiger partial charge in [0.2, 0.25) is 5.96 Å². The molecule has 2 amide bonds. The molecule has 0 spiro atoms. The van der Waals surface area contributed by atoms with Crippen LogP contribution < -0.4 is 10.6 Å². The zero-order chi connectivity index (χ0) is 24.8. The first-order valence-electron chi connectivity index (χ1n) is 10.8. The summed E-state index contributed by atoms with van der Waals surface area (Å²) in [5.41, 5.74) is 1.89. The second-order valence-electron chi connectivity index (χ2n) is 7.77. The summed E-state index contributed by atoms with van der Waals surface area (Å²) >= 11 is 12.1. The molecule has 0 radical (unpaired) electrons. The van der Waals surface area contributed by atoms with Crippen molar-refractivity contribution in [1.82, 2.24) is 15.1 Å². The first-order valence-corrected chi connectivity index (χ1v) is 11.5. The van der Waals surface area contributed by atoms with Crippen molar-refractivity contribution in [2.24, 2.45) is 4.99 Å². The second-order valence-corrected chi connectivity index (χ2v) is 8.61. The molecular formula is C25H21Cl2FN6O. The number of nitrogens with one attached hydrogen (secondary N) is 2. The highest BCUT2D eigenvalue weighted by molar-refractivity contribution is 6.33. The zero-order valence-corrected chi connectivity index (χ0v) is 20.0. The lowest BCUT2D eigenvalue weighted by molar-refractivity contribution is 0.135. The summed E-state index contributed by atoms with van der Waals surface area (Å²) < 4.78 is 13.5. The highest BCUT2D eigenvalue weighted by atomic mass is 35.5. The van der Waals surface area contributed by atoms with Crippen LogP contribution in [0.1, 0.15) is 11.6 Å². The van der Waals surface area contributed by atoms with Crippen LogP contribution in [-0.2, 0) is 0 Å². The van der Waals surface area contributed by atoms with E-state index >= 15 is 0 Å². The van der Waals surface area contributed by atoms with Crippen LogP contribution in [0.5, 0.6) is 0 Å². The summed E-state index contributed by atoms with van der Waals surface area (Å²) in [6, 6.07) is 19.8. The molecule has 1 heterocycles. The number of aliphatic imine (C=N–C) groups is 1. The summed E-state index contributed by atoms with van der Waals surface area (Å²) in [6.45, 7) is 1.14. The maximum atomic E-state index is 13.5. The molecule has 2 N–H and O–H groups in total. The number of carbonyl (C=O) groups is 1. The van der Waals surface area contributed by atoms with Crippen molar-refractivity contribution in [2.45, 2.75) is 6.04 Å². The molecule has 0 bridgehead atoms. The SMILES string of the molecule is N#CNC(=Nc1ccc(F)cc1Cl)N1CCN(C(=O)Nc2ccc(Cl)cc2)C(c2ccccc2)C1. The van der Waals surface area contributed by atoms with Crippen LogP contribution >= 0.6 is 23.2 Å². The molecule has 3 aromatic rings. The van der Waals surface area contributed by atoms with E-state index in [0.717, 1.165) is 11.6 Å². The van der Waals surface area contributed by atoms with Crippen molar-refractivity contribution in [3.8, 4) is 6.19 Å². The number of urea groups is 1. The molecule has 7 nitrogen and oxygen atoms in total. The fourth-order valence-corrected chi connectivity index (χ4v) is 4.16. The molecule has 1 unspecified atom stereocenters. The lowest BCUT2D eigenvalue weighted by Gasteiger charge is -2.42. The fraction of sp³-hybridized carbons (Fsp3) is 0.160. The number of hydrogen-bond donors (Lipinski definition) is 2. The standard InChI is InChI=1S/C25H21Cl2FN6O/c26-18-6-9-20(10-7-18)31-25(35)34-13-12-33(15-23(34)17-4-2-1-3-5-17)24(30-16-29)32-22-11-8-19(28)14-21(22)27/h1-11,14,23H,12-13,15H2,(H,30,32)(H,31,35). The lowest BCUT2D eigenvalue weighted by atomic mass is 10.0. The molecule has 178 valence electrons. The minimum absolute atomic E-state index is 0.128. The van der Waals surface area contributed by atoms with Crippen LogP contribution in [0.15, 0.2) is 77.8 Å². The Hall–Kier alpha value is -3.80. The van der Waals surface area contributed by atoms with Gasteiger partial charge in [-0.15, -0.1) is 0 Å². The van der Waals surface area contributed by atoms with Crippen molar-refractivity contribution >= 4 is 46.6 Å². The van der Waals surface area contributed by atoms with E-state index in [4.69, 9.17) is 23.2 Å². The molecule has 4 rings (SSSR count). The Morgan fingerprint density at radius 2 is 1.80 bits per heavy atom. The molecule has 10 heteroatoms. The third kappa shape index (κ3) is 6.01. The van der Waals surface area contributed by atoms with Crippen LogP contribution in [0.3, 0.4) is 0 Å². The Labute approximate surface area is 212 Å². The average Bonchev–Trinajstić information content (AvgIpc) is 2.87. The number of anilines is 1.